The highest BCUT2D eigenvalue weighted by molar-refractivity contribution is 7.98. The molecule has 0 aliphatic carbocycles. The Labute approximate surface area is 120 Å². The first-order chi connectivity index (χ1) is 9.54. The fraction of sp³-hybridized carbons (Fsp3) is 0.385. The van der Waals surface area contributed by atoms with E-state index in [1.54, 1.807) is 0 Å². The molecule has 20 heavy (non-hydrogen) atoms. The van der Waals surface area contributed by atoms with Gasteiger partial charge in [-0.25, -0.2) is 0 Å². The molecule has 0 aliphatic heterocycles. The fourth-order valence-electron chi connectivity index (χ4n) is 1.66. The zero-order valence-electron chi connectivity index (χ0n) is 11.6. The number of aromatic nitrogens is 5. The van der Waals surface area contributed by atoms with Gasteiger partial charge in [-0.3, -0.25) is 4.40 Å². The van der Waals surface area contributed by atoms with Gasteiger partial charge in [0.25, 0.3) is 0 Å². The lowest BCUT2D eigenvalue weighted by molar-refractivity contribution is 0.378. The highest BCUT2D eigenvalue weighted by Gasteiger charge is 2.21. The summed E-state index contributed by atoms with van der Waals surface area (Å²) >= 11 is 1.53. The number of thioether (sulfide) groups is 1. The Morgan fingerprint density at radius 3 is 2.75 bits per heavy atom. The summed E-state index contributed by atoms with van der Waals surface area (Å²) < 4.78 is 7.59. The molecule has 0 saturated heterocycles. The predicted molar refractivity (Wildman–Crippen MR) is 75.5 cm³/mol. The van der Waals surface area contributed by atoms with Crippen LogP contribution in [0.4, 0.5) is 0 Å². The van der Waals surface area contributed by atoms with Crippen LogP contribution in [0.15, 0.2) is 34.0 Å². The van der Waals surface area contributed by atoms with Gasteiger partial charge in [0.2, 0.25) is 11.8 Å². The number of pyridine rings is 1. The van der Waals surface area contributed by atoms with Crippen molar-refractivity contribution >= 4 is 17.4 Å². The highest BCUT2D eigenvalue weighted by atomic mass is 32.2. The quantitative estimate of drug-likeness (QED) is 0.690. The van der Waals surface area contributed by atoms with Crippen molar-refractivity contribution in [1.29, 1.82) is 0 Å². The first-order valence-corrected chi connectivity index (χ1v) is 7.28. The molecule has 6 nitrogen and oxygen atoms in total. The van der Waals surface area contributed by atoms with E-state index in [-0.39, 0.29) is 5.41 Å². The molecular weight excluding hydrogens is 274 g/mol. The molecule has 0 aromatic carbocycles. The second kappa shape index (κ2) is 4.90. The smallest absolute Gasteiger partial charge is 0.226 e. The minimum atomic E-state index is -0.128. The number of nitrogens with zero attached hydrogens (tertiary/aromatic N) is 5. The van der Waals surface area contributed by atoms with E-state index in [1.807, 2.05) is 49.6 Å². The molecule has 0 bridgehead atoms. The molecule has 0 saturated carbocycles. The summed E-state index contributed by atoms with van der Waals surface area (Å²) in [6.45, 7) is 6.14. The zero-order chi connectivity index (χ0) is 14.2. The Kier molecular flexibility index (Phi) is 3.21. The van der Waals surface area contributed by atoms with E-state index in [0.29, 0.717) is 17.5 Å². The SMILES string of the molecule is CC(C)(C)c1nnc(CSc2nnc3ccccn23)o1. The fourth-order valence-corrected chi connectivity index (χ4v) is 2.42. The standard InChI is InChI=1S/C13H15N5OS/c1-13(2,3)11-16-15-10(19-11)8-20-12-17-14-9-6-4-5-7-18(9)12/h4-7H,8H2,1-3H3. The average Bonchev–Trinajstić information content (AvgIpc) is 3.02. The van der Waals surface area contributed by atoms with Gasteiger partial charge in [-0.2, -0.15) is 0 Å². The van der Waals surface area contributed by atoms with Gasteiger partial charge in [0.05, 0.1) is 5.75 Å². The summed E-state index contributed by atoms with van der Waals surface area (Å²) in [5, 5.41) is 17.2. The third-order valence-corrected chi connectivity index (χ3v) is 3.64. The Morgan fingerprint density at radius 2 is 2.00 bits per heavy atom. The van der Waals surface area contributed by atoms with Crippen molar-refractivity contribution in [2.45, 2.75) is 37.1 Å². The van der Waals surface area contributed by atoms with Gasteiger partial charge >= 0.3 is 0 Å². The maximum Gasteiger partial charge on any atom is 0.226 e. The second-order valence-electron chi connectivity index (χ2n) is 5.45. The monoisotopic (exact) mass is 289 g/mol. The normalized spacial score (nSPS) is 12.2. The summed E-state index contributed by atoms with van der Waals surface area (Å²) in [7, 11) is 0. The summed E-state index contributed by atoms with van der Waals surface area (Å²) in [6, 6.07) is 5.80. The van der Waals surface area contributed by atoms with Crippen LogP contribution in [0.2, 0.25) is 0 Å². The lowest BCUT2D eigenvalue weighted by Crippen LogP contribution is -2.11. The van der Waals surface area contributed by atoms with Crippen LogP contribution in [0.5, 0.6) is 0 Å². The van der Waals surface area contributed by atoms with Gasteiger partial charge in [-0.15, -0.1) is 20.4 Å². The molecule has 3 aromatic heterocycles. The molecular formula is C13H15N5OS. The molecule has 0 N–H and O–H groups in total. The average molecular weight is 289 g/mol. The van der Waals surface area contributed by atoms with Crippen molar-refractivity contribution in [1.82, 2.24) is 24.8 Å². The van der Waals surface area contributed by atoms with Crippen molar-refractivity contribution in [2.24, 2.45) is 0 Å². The van der Waals surface area contributed by atoms with Crippen LogP contribution in [0.25, 0.3) is 5.65 Å². The minimum absolute atomic E-state index is 0.128. The van der Waals surface area contributed by atoms with Crippen molar-refractivity contribution < 1.29 is 4.42 Å². The largest absolute Gasteiger partial charge is 0.424 e. The minimum Gasteiger partial charge on any atom is -0.424 e. The summed E-state index contributed by atoms with van der Waals surface area (Å²) in [5.41, 5.74) is 0.702. The van der Waals surface area contributed by atoms with E-state index in [0.717, 1.165) is 10.8 Å². The number of fused-ring (bicyclic) bond motifs is 1. The van der Waals surface area contributed by atoms with Crippen LogP contribution in [-0.4, -0.2) is 24.8 Å². The molecule has 3 rings (SSSR count). The predicted octanol–water partition coefficient (Wildman–Crippen LogP) is 2.70. The van der Waals surface area contributed by atoms with Crippen LogP contribution < -0.4 is 0 Å². The second-order valence-corrected chi connectivity index (χ2v) is 6.39. The van der Waals surface area contributed by atoms with Gasteiger partial charge in [-0.05, 0) is 12.1 Å². The lowest BCUT2D eigenvalue weighted by Gasteiger charge is -2.10. The highest BCUT2D eigenvalue weighted by Crippen LogP contribution is 2.24. The lowest BCUT2D eigenvalue weighted by atomic mass is 9.97. The molecule has 3 aromatic rings. The molecule has 3 heterocycles. The van der Waals surface area contributed by atoms with Crippen LogP contribution >= 0.6 is 11.8 Å². The van der Waals surface area contributed by atoms with Gasteiger partial charge in [0.1, 0.15) is 0 Å². The number of hydrogen-bond acceptors (Lipinski definition) is 6. The third kappa shape index (κ3) is 2.53. The molecule has 0 unspecified atom stereocenters. The maximum atomic E-state index is 5.66. The van der Waals surface area contributed by atoms with E-state index in [4.69, 9.17) is 4.42 Å². The van der Waals surface area contributed by atoms with Gasteiger partial charge in [-0.1, -0.05) is 38.6 Å². The summed E-state index contributed by atoms with van der Waals surface area (Å²) in [6.07, 6.45) is 1.94. The zero-order valence-corrected chi connectivity index (χ0v) is 12.4. The van der Waals surface area contributed by atoms with Crippen LogP contribution in [-0.2, 0) is 11.2 Å². The first-order valence-electron chi connectivity index (χ1n) is 6.29. The van der Waals surface area contributed by atoms with Crippen molar-refractivity contribution in [3.05, 3.63) is 36.2 Å². The molecule has 0 atom stereocenters. The first kappa shape index (κ1) is 13.1. The van der Waals surface area contributed by atoms with E-state index < -0.39 is 0 Å². The molecule has 0 radical (unpaired) electrons. The maximum absolute atomic E-state index is 5.66. The van der Waals surface area contributed by atoms with Crippen LogP contribution in [0, 0.1) is 0 Å². The van der Waals surface area contributed by atoms with Crippen molar-refractivity contribution in [2.75, 3.05) is 0 Å². The Bertz CT molecular complexity index is 728. The van der Waals surface area contributed by atoms with Gasteiger partial charge in [0, 0.05) is 11.6 Å². The molecule has 0 spiro atoms. The van der Waals surface area contributed by atoms with E-state index in [9.17, 15) is 0 Å². The molecule has 104 valence electrons. The van der Waals surface area contributed by atoms with Crippen LogP contribution in [0.1, 0.15) is 32.6 Å². The molecule has 0 fully saturated rings. The van der Waals surface area contributed by atoms with E-state index in [1.165, 1.54) is 11.8 Å². The molecule has 0 amide bonds. The third-order valence-electron chi connectivity index (χ3n) is 2.72. The van der Waals surface area contributed by atoms with Crippen molar-refractivity contribution in [3.63, 3.8) is 0 Å². The van der Waals surface area contributed by atoms with E-state index >= 15 is 0 Å². The Balaban J connectivity index is 1.75. The molecule has 0 aliphatic rings. The Morgan fingerprint density at radius 1 is 1.15 bits per heavy atom. The molecule has 7 heteroatoms. The summed E-state index contributed by atoms with van der Waals surface area (Å²) in [4.78, 5) is 0. The van der Waals surface area contributed by atoms with Crippen LogP contribution in [0.3, 0.4) is 0 Å². The summed E-state index contributed by atoms with van der Waals surface area (Å²) in [5.74, 6) is 1.84. The van der Waals surface area contributed by atoms with Gasteiger partial charge in [0.15, 0.2) is 10.8 Å². The van der Waals surface area contributed by atoms with Crippen molar-refractivity contribution in [3.8, 4) is 0 Å². The number of hydrogen-bond donors (Lipinski definition) is 0. The van der Waals surface area contributed by atoms with Gasteiger partial charge < -0.3 is 4.42 Å². The topological polar surface area (TPSA) is 69.1 Å². The number of rotatable bonds is 3. The Hall–Kier alpha value is -1.89. The van der Waals surface area contributed by atoms with E-state index in [2.05, 4.69) is 20.4 Å².